The summed E-state index contributed by atoms with van der Waals surface area (Å²) in [5.41, 5.74) is 6.08. The lowest BCUT2D eigenvalue weighted by molar-refractivity contribution is -0.384. The van der Waals surface area contributed by atoms with Crippen LogP contribution in [-0.4, -0.2) is 30.9 Å². The Labute approximate surface area is 106 Å². The van der Waals surface area contributed by atoms with Crippen molar-refractivity contribution in [1.29, 1.82) is 0 Å². The number of benzene rings is 1. The summed E-state index contributed by atoms with van der Waals surface area (Å²) in [5, 5.41) is 9.89. The van der Waals surface area contributed by atoms with Gasteiger partial charge in [-0.1, -0.05) is 12.1 Å². The molecule has 2 N–H and O–H groups in total. The Hall–Kier alpha value is -1.47. The van der Waals surface area contributed by atoms with Gasteiger partial charge in [0.2, 0.25) is 0 Å². The SMILES string of the molecule is CC(CN)S(=O)(=O)CCc1ccc([N+](=O)[O-])cc1. The van der Waals surface area contributed by atoms with Crippen LogP contribution >= 0.6 is 0 Å². The van der Waals surface area contributed by atoms with Crippen LogP contribution in [0.2, 0.25) is 0 Å². The molecule has 0 aliphatic rings. The van der Waals surface area contributed by atoms with Crippen LogP contribution < -0.4 is 5.73 Å². The molecule has 0 amide bonds. The number of non-ortho nitro benzene ring substituents is 1. The van der Waals surface area contributed by atoms with Crippen molar-refractivity contribution >= 4 is 15.5 Å². The van der Waals surface area contributed by atoms with Gasteiger partial charge in [0, 0.05) is 18.7 Å². The summed E-state index contributed by atoms with van der Waals surface area (Å²) in [7, 11) is -3.19. The van der Waals surface area contributed by atoms with E-state index >= 15 is 0 Å². The Bertz CT molecular complexity index is 510. The molecule has 0 aliphatic carbocycles. The molecule has 18 heavy (non-hydrogen) atoms. The first-order valence-electron chi connectivity index (χ1n) is 5.52. The molecule has 1 unspecified atom stereocenters. The average Bonchev–Trinajstić information content (AvgIpc) is 2.35. The van der Waals surface area contributed by atoms with E-state index in [0.29, 0.717) is 6.42 Å². The zero-order valence-electron chi connectivity index (χ0n) is 10.1. The first-order chi connectivity index (χ1) is 8.36. The van der Waals surface area contributed by atoms with Gasteiger partial charge in [0.1, 0.15) is 0 Å². The normalized spacial score (nSPS) is 13.2. The summed E-state index contributed by atoms with van der Waals surface area (Å²) >= 11 is 0. The van der Waals surface area contributed by atoms with Gasteiger partial charge in [0.05, 0.1) is 15.9 Å². The van der Waals surface area contributed by atoms with Gasteiger partial charge in [-0.05, 0) is 18.9 Å². The number of rotatable bonds is 6. The van der Waals surface area contributed by atoms with Crippen molar-refractivity contribution < 1.29 is 13.3 Å². The topological polar surface area (TPSA) is 103 Å². The maximum Gasteiger partial charge on any atom is 0.269 e. The maximum atomic E-state index is 11.7. The number of nitrogens with two attached hydrogens (primary N) is 1. The van der Waals surface area contributed by atoms with Crippen molar-refractivity contribution in [3.8, 4) is 0 Å². The monoisotopic (exact) mass is 272 g/mol. The predicted molar refractivity (Wildman–Crippen MR) is 69.1 cm³/mol. The highest BCUT2D eigenvalue weighted by molar-refractivity contribution is 7.92. The summed E-state index contributed by atoms with van der Waals surface area (Å²) in [5.74, 6) is 0.00315. The molecule has 0 heterocycles. The first kappa shape index (κ1) is 14.6. The Morgan fingerprint density at radius 3 is 2.33 bits per heavy atom. The van der Waals surface area contributed by atoms with E-state index in [4.69, 9.17) is 5.73 Å². The smallest absolute Gasteiger partial charge is 0.269 e. The van der Waals surface area contributed by atoms with E-state index in [-0.39, 0.29) is 18.0 Å². The summed E-state index contributed by atoms with van der Waals surface area (Å²) in [6, 6.07) is 5.88. The number of hydrogen-bond acceptors (Lipinski definition) is 5. The molecule has 1 aromatic carbocycles. The molecule has 0 aliphatic heterocycles. The molecule has 1 atom stereocenters. The number of hydrogen-bond donors (Lipinski definition) is 1. The fourth-order valence-corrected chi connectivity index (χ4v) is 2.61. The highest BCUT2D eigenvalue weighted by atomic mass is 32.2. The Morgan fingerprint density at radius 2 is 1.89 bits per heavy atom. The van der Waals surface area contributed by atoms with Crippen LogP contribution in [-0.2, 0) is 16.3 Å². The quantitative estimate of drug-likeness (QED) is 0.612. The Kier molecular flexibility index (Phi) is 4.80. The van der Waals surface area contributed by atoms with Gasteiger partial charge in [-0.3, -0.25) is 10.1 Å². The molecule has 7 heteroatoms. The van der Waals surface area contributed by atoms with Gasteiger partial charge in [-0.2, -0.15) is 0 Å². The van der Waals surface area contributed by atoms with E-state index < -0.39 is 20.0 Å². The molecule has 0 fully saturated rings. The van der Waals surface area contributed by atoms with E-state index in [9.17, 15) is 18.5 Å². The van der Waals surface area contributed by atoms with Gasteiger partial charge in [-0.25, -0.2) is 8.42 Å². The summed E-state index contributed by atoms with van der Waals surface area (Å²) in [6.07, 6.45) is 0.338. The van der Waals surface area contributed by atoms with Crippen molar-refractivity contribution in [3.05, 3.63) is 39.9 Å². The van der Waals surface area contributed by atoms with Crippen molar-refractivity contribution in [2.45, 2.75) is 18.6 Å². The number of sulfone groups is 1. The summed E-state index contributed by atoms with van der Waals surface area (Å²) < 4.78 is 23.4. The minimum Gasteiger partial charge on any atom is -0.329 e. The van der Waals surface area contributed by atoms with Crippen LogP contribution in [0.5, 0.6) is 0 Å². The second-order valence-corrected chi connectivity index (χ2v) is 6.63. The van der Waals surface area contributed by atoms with Crippen LogP contribution in [0.1, 0.15) is 12.5 Å². The highest BCUT2D eigenvalue weighted by Gasteiger charge is 2.19. The Morgan fingerprint density at radius 1 is 1.33 bits per heavy atom. The molecule has 0 saturated heterocycles. The molecule has 0 aromatic heterocycles. The lowest BCUT2D eigenvalue weighted by Crippen LogP contribution is -2.29. The minimum absolute atomic E-state index is 0.00284. The van der Waals surface area contributed by atoms with E-state index in [0.717, 1.165) is 5.56 Å². The third-order valence-electron chi connectivity index (χ3n) is 2.77. The third-order valence-corrected chi connectivity index (χ3v) is 4.96. The first-order valence-corrected chi connectivity index (χ1v) is 7.23. The van der Waals surface area contributed by atoms with E-state index in [1.807, 2.05) is 0 Å². The van der Waals surface area contributed by atoms with E-state index in [1.54, 1.807) is 19.1 Å². The van der Waals surface area contributed by atoms with Crippen molar-refractivity contribution in [1.82, 2.24) is 0 Å². The molecule has 0 bridgehead atoms. The largest absolute Gasteiger partial charge is 0.329 e. The number of nitro groups is 1. The van der Waals surface area contributed by atoms with Crippen molar-refractivity contribution in [3.63, 3.8) is 0 Å². The lowest BCUT2D eigenvalue weighted by Gasteiger charge is -2.10. The second kappa shape index (κ2) is 5.92. The lowest BCUT2D eigenvalue weighted by atomic mass is 10.1. The van der Waals surface area contributed by atoms with Gasteiger partial charge in [0.25, 0.3) is 5.69 Å². The standard InChI is InChI=1S/C11H16N2O4S/c1-9(8-12)18(16,17)7-6-10-2-4-11(5-3-10)13(14)15/h2-5,9H,6-8,12H2,1H3. The number of aryl methyl sites for hydroxylation is 1. The molecule has 0 saturated carbocycles. The zero-order chi connectivity index (χ0) is 13.8. The van der Waals surface area contributed by atoms with Crippen molar-refractivity contribution in [2.24, 2.45) is 5.73 Å². The number of nitrogens with zero attached hydrogens (tertiary/aromatic N) is 1. The highest BCUT2D eigenvalue weighted by Crippen LogP contribution is 2.13. The van der Waals surface area contributed by atoms with Crippen LogP contribution in [0.15, 0.2) is 24.3 Å². The summed E-state index contributed by atoms with van der Waals surface area (Å²) in [6.45, 7) is 1.67. The van der Waals surface area contributed by atoms with Crippen LogP contribution in [0.3, 0.4) is 0 Å². The molecule has 0 radical (unpaired) electrons. The molecular formula is C11H16N2O4S. The van der Waals surface area contributed by atoms with Gasteiger partial charge < -0.3 is 5.73 Å². The van der Waals surface area contributed by atoms with E-state index in [2.05, 4.69) is 0 Å². The van der Waals surface area contributed by atoms with Crippen LogP contribution in [0.25, 0.3) is 0 Å². The van der Waals surface area contributed by atoms with E-state index in [1.165, 1.54) is 12.1 Å². The molecule has 1 aromatic rings. The van der Waals surface area contributed by atoms with Crippen molar-refractivity contribution in [2.75, 3.05) is 12.3 Å². The van der Waals surface area contributed by atoms with Gasteiger partial charge in [-0.15, -0.1) is 0 Å². The van der Waals surface area contributed by atoms with Gasteiger partial charge in [0.15, 0.2) is 9.84 Å². The molecule has 1 rings (SSSR count). The Balaban J connectivity index is 2.67. The van der Waals surface area contributed by atoms with Crippen LogP contribution in [0.4, 0.5) is 5.69 Å². The molecule has 0 spiro atoms. The minimum atomic E-state index is -3.19. The summed E-state index contributed by atoms with van der Waals surface area (Å²) in [4.78, 5) is 9.96. The fourth-order valence-electron chi connectivity index (χ4n) is 1.39. The molecular weight excluding hydrogens is 256 g/mol. The third kappa shape index (κ3) is 3.78. The molecule has 100 valence electrons. The number of nitro benzene ring substituents is 1. The average molecular weight is 272 g/mol. The van der Waals surface area contributed by atoms with Gasteiger partial charge >= 0.3 is 0 Å². The predicted octanol–water partition coefficient (Wildman–Crippen LogP) is 0.899. The second-order valence-electron chi connectivity index (χ2n) is 4.09. The molecule has 6 nitrogen and oxygen atoms in total. The van der Waals surface area contributed by atoms with Crippen LogP contribution in [0, 0.1) is 10.1 Å². The zero-order valence-corrected chi connectivity index (χ0v) is 10.9. The maximum absolute atomic E-state index is 11.7. The fraction of sp³-hybridized carbons (Fsp3) is 0.455.